The van der Waals surface area contributed by atoms with Crippen molar-refractivity contribution in [2.75, 3.05) is 26.8 Å². The molecule has 23 heavy (non-hydrogen) atoms. The third-order valence-corrected chi connectivity index (χ3v) is 4.36. The first-order chi connectivity index (χ1) is 11.1. The van der Waals surface area contributed by atoms with Crippen molar-refractivity contribution in [3.05, 3.63) is 35.9 Å². The van der Waals surface area contributed by atoms with Gasteiger partial charge in [0, 0.05) is 33.2 Å². The van der Waals surface area contributed by atoms with E-state index >= 15 is 0 Å². The predicted molar refractivity (Wildman–Crippen MR) is 88.7 cm³/mol. The van der Waals surface area contributed by atoms with Crippen molar-refractivity contribution < 1.29 is 14.3 Å². The van der Waals surface area contributed by atoms with Gasteiger partial charge < -0.3 is 14.5 Å². The molecule has 1 aliphatic rings. The van der Waals surface area contributed by atoms with Crippen molar-refractivity contribution in [2.45, 2.75) is 32.9 Å². The van der Waals surface area contributed by atoms with Gasteiger partial charge in [0.25, 0.3) is 0 Å². The maximum absolute atomic E-state index is 12.8. The molecule has 0 bridgehead atoms. The molecule has 2 unspecified atom stereocenters. The molecule has 0 aromatic heterocycles. The van der Waals surface area contributed by atoms with Gasteiger partial charge in [-0.1, -0.05) is 30.3 Å². The number of methoxy groups -OCH3 is 1. The predicted octanol–water partition coefficient (Wildman–Crippen LogP) is 1.92. The molecule has 1 saturated heterocycles. The van der Waals surface area contributed by atoms with Gasteiger partial charge in [0.2, 0.25) is 11.8 Å². The van der Waals surface area contributed by atoms with E-state index < -0.39 is 0 Å². The number of rotatable bonds is 7. The normalized spacial score (nSPS) is 19.0. The Morgan fingerprint density at radius 3 is 2.70 bits per heavy atom. The topological polar surface area (TPSA) is 49.9 Å². The molecule has 126 valence electrons. The van der Waals surface area contributed by atoms with Crippen molar-refractivity contribution in [2.24, 2.45) is 5.92 Å². The van der Waals surface area contributed by atoms with Crippen LogP contribution in [0.4, 0.5) is 0 Å². The lowest BCUT2D eigenvalue weighted by atomic mass is 10.1. The van der Waals surface area contributed by atoms with Crippen LogP contribution in [0.1, 0.15) is 25.8 Å². The average Bonchev–Trinajstić information content (AvgIpc) is 2.95. The number of likely N-dealkylation sites (tertiary alicyclic amines) is 1. The Bertz CT molecular complexity index is 532. The molecular weight excluding hydrogens is 292 g/mol. The molecule has 1 aromatic carbocycles. The van der Waals surface area contributed by atoms with Crippen molar-refractivity contribution >= 4 is 11.8 Å². The Kier molecular flexibility index (Phi) is 6.16. The smallest absolute Gasteiger partial charge is 0.228 e. The number of amides is 2. The maximum atomic E-state index is 12.8. The molecule has 5 heteroatoms. The van der Waals surface area contributed by atoms with Crippen LogP contribution in [0, 0.1) is 5.92 Å². The average molecular weight is 318 g/mol. The van der Waals surface area contributed by atoms with Crippen molar-refractivity contribution in [1.82, 2.24) is 9.80 Å². The van der Waals surface area contributed by atoms with E-state index in [1.54, 1.807) is 12.0 Å². The molecule has 2 atom stereocenters. The van der Waals surface area contributed by atoms with Crippen LogP contribution in [0.15, 0.2) is 30.3 Å². The minimum atomic E-state index is -0.245. The van der Waals surface area contributed by atoms with Gasteiger partial charge in [0.15, 0.2) is 0 Å². The van der Waals surface area contributed by atoms with Gasteiger partial charge in [-0.15, -0.1) is 0 Å². The van der Waals surface area contributed by atoms with Gasteiger partial charge in [-0.25, -0.2) is 0 Å². The second-order valence-corrected chi connectivity index (χ2v) is 6.09. The van der Waals surface area contributed by atoms with E-state index in [1.807, 2.05) is 49.1 Å². The summed E-state index contributed by atoms with van der Waals surface area (Å²) in [6, 6.07) is 9.95. The summed E-state index contributed by atoms with van der Waals surface area (Å²) in [7, 11) is 1.62. The molecule has 1 aromatic rings. The lowest BCUT2D eigenvalue weighted by Gasteiger charge is -2.26. The first kappa shape index (κ1) is 17.5. The van der Waals surface area contributed by atoms with Crippen LogP contribution in [0.5, 0.6) is 0 Å². The first-order valence-corrected chi connectivity index (χ1v) is 8.17. The number of benzene rings is 1. The minimum absolute atomic E-state index is 0.00880. The van der Waals surface area contributed by atoms with Crippen LogP contribution in [0.25, 0.3) is 0 Å². The number of carbonyl (C=O) groups excluding carboxylic acids is 2. The van der Waals surface area contributed by atoms with E-state index in [-0.39, 0.29) is 23.8 Å². The summed E-state index contributed by atoms with van der Waals surface area (Å²) in [5.74, 6) is -0.133. The van der Waals surface area contributed by atoms with Gasteiger partial charge >= 0.3 is 0 Å². The molecule has 5 nitrogen and oxygen atoms in total. The quantitative estimate of drug-likeness (QED) is 0.772. The highest BCUT2D eigenvalue weighted by Gasteiger charge is 2.38. The Labute approximate surface area is 138 Å². The van der Waals surface area contributed by atoms with Gasteiger partial charge in [0.05, 0.1) is 18.6 Å². The fourth-order valence-electron chi connectivity index (χ4n) is 3.06. The van der Waals surface area contributed by atoms with Gasteiger partial charge in [-0.2, -0.15) is 0 Å². The minimum Gasteiger partial charge on any atom is -0.383 e. The monoisotopic (exact) mass is 318 g/mol. The zero-order valence-corrected chi connectivity index (χ0v) is 14.2. The second kappa shape index (κ2) is 8.11. The van der Waals surface area contributed by atoms with E-state index in [9.17, 15) is 9.59 Å². The van der Waals surface area contributed by atoms with Gasteiger partial charge in [-0.3, -0.25) is 9.59 Å². The molecule has 2 amide bonds. The third-order valence-electron chi connectivity index (χ3n) is 4.36. The molecule has 1 heterocycles. The summed E-state index contributed by atoms with van der Waals surface area (Å²) in [6.07, 6.45) is 0.304. The highest BCUT2D eigenvalue weighted by molar-refractivity contribution is 5.89. The van der Waals surface area contributed by atoms with Gasteiger partial charge in [0.1, 0.15) is 0 Å². The fourth-order valence-corrected chi connectivity index (χ4v) is 3.06. The number of ether oxygens (including phenoxy) is 1. The summed E-state index contributed by atoms with van der Waals surface area (Å²) >= 11 is 0. The SMILES string of the molecule is CCN(Cc1ccccc1)C(=O)C1CC(=O)N(C(C)COC)C1. The zero-order chi connectivity index (χ0) is 16.8. The maximum Gasteiger partial charge on any atom is 0.228 e. The van der Waals surface area contributed by atoms with Crippen molar-refractivity contribution in [3.63, 3.8) is 0 Å². The highest BCUT2D eigenvalue weighted by atomic mass is 16.5. The molecule has 2 rings (SSSR count). The van der Waals surface area contributed by atoms with Crippen LogP contribution in [0.3, 0.4) is 0 Å². The molecule has 0 spiro atoms. The molecule has 0 N–H and O–H groups in total. The standard InChI is InChI=1S/C18H26N2O3/c1-4-19(11-15-8-6-5-7-9-15)18(22)16-10-17(21)20(12-16)14(2)13-23-3/h5-9,14,16H,4,10-13H2,1-3H3. The molecular formula is C18H26N2O3. The zero-order valence-electron chi connectivity index (χ0n) is 14.2. The van der Waals surface area contributed by atoms with Crippen molar-refractivity contribution in [3.8, 4) is 0 Å². The lowest BCUT2D eigenvalue weighted by Crippen LogP contribution is -2.40. The molecule has 0 saturated carbocycles. The van der Waals surface area contributed by atoms with Crippen LogP contribution in [0.2, 0.25) is 0 Å². The Balaban J connectivity index is 2.00. The summed E-state index contributed by atoms with van der Waals surface area (Å²) in [5, 5.41) is 0. The number of hydrogen-bond donors (Lipinski definition) is 0. The lowest BCUT2D eigenvalue weighted by molar-refractivity contribution is -0.136. The Morgan fingerprint density at radius 1 is 1.39 bits per heavy atom. The van der Waals surface area contributed by atoms with E-state index in [0.29, 0.717) is 32.7 Å². The van der Waals surface area contributed by atoms with Crippen LogP contribution in [-0.2, 0) is 20.9 Å². The number of carbonyl (C=O) groups is 2. The van der Waals surface area contributed by atoms with E-state index in [4.69, 9.17) is 4.74 Å². The van der Waals surface area contributed by atoms with Crippen LogP contribution >= 0.6 is 0 Å². The molecule has 1 fully saturated rings. The number of hydrogen-bond acceptors (Lipinski definition) is 3. The van der Waals surface area contributed by atoms with Gasteiger partial charge in [-0.05, 0) is 19.4 Å². The van der Waals surface area contributed by atoms with E-state index in [0.717, 1.165) is 5.56 Å². The summed E-state index contributed by atoms with van der Waals surface area (Å²) < 4.78 is 5.12. The Morgan fingerprint density at radius 2 is 2.09 bits per heavy atom. The van der Waals surface area contributed by atoms with Crippen LogP contribution in [-0.4, -0.2) is 54.5 Å². The van der Waals surface area contributed by atoms with E-state index in [2.05, 4.69) is 0 Å². The van der Waals surface area contributed by atoms with E-state index in [1.165, 1.54) is 0 Å². The molecule has 0 aliphatic carbocycles. The fraction of sp³-hybridized carbons (Fsp3) is 0.556. The van der Waals surface area contributed by atoms with Crippen molar-refractivity contribution in [1.29, 1.82) is 0 Å². The largest absolute Gasteiger partial charge is 0.383 e. The first-order valence-electron chi connectivity index (χ1n) is 8.17. The summed E-state index contributed by atoms with van der Waals surface area (Å²) in [5.41, 5.74) is 1.11. The molecule has 1 aliphatic heterocycles. The second-order valence-electron chi connectivity index (χ2n) is 6.09. The summed E-state index contributed by atoms with van der Waals surface area (Å²) in [4.78, 5) is 28.5. The third kappa shape index (κ3) is 4.32. The van der Waals surface area contributed by atoms with Crippen LogP contribution < -0.4 is 0 Å². The highest BCUT2D eigenvalue weighted by Crippen LogP contribution is 2.23. The Hall–Kier alpha value is -1.88. The number of nitrogens with zero attached hydrogens (tertiary/aromatic N) is 2. The molecule has 0 radical (unpaired) electrons. The summed E-state index contributed by atoms with van der Waals surface area (Å²) in [6.45, 7) is 6.15.